The maximum Gasteiger partial charge on any atom is 0.256 e. The third-order valence-corrected chi connectivity index (χ3v) is 8.32. The zero-order chi connectivity index (χ0) is 35.6. The second kappa shape index (κ2) is 17.3. The molecule has 3 aromatic carbocycles. The first-order valence-corrected chi connectivity index (χ1v) is 16.7. The number of hydrogen-bond acceptors (Lipinski definition) is 7. The van der Waals surface area contributed by atoms with Crippen LogP contribution in [0.1, 0.15) is 75.9 Å². The molecule has 5 atom stereocenters. The van der Waals surface area contributed by atoms with Gasteiger partial charge in [0, 0.05) is 22.9 Å². The SMILES string of the molecule is CC(C)C[C@H](N)C(=O)c1ccccc1N(C(=O)[C@H](Cc1ccccc1)C[C@H](O)[C@@H](N)Cc1ccccc1)C(=O)[C@H](C)NC(=O)C(C)(C)C. The van der Waals surface area contributed by atoms with Crippen molar-refractivity contribution in [2.75, 3.05) is 4.90 Å². The van der Waals surface area contributed by atoms with Crippen molar-refractivity contribution in [3.63, 3.8) is 0 Å². The van der Waals surface area contributed by atoms with Crippen LogP contribution in [0.4, 0.5) is 5.69 Å². The smallest absolute Gasteiger partial charge is 0.256 e. The Morgan fingerprint density at radius 1 is 0.750 bits per heavy atom. The van der Waals surface area contributed by atoms with E-state index in [1.165, 1.54) is 6.92 Å². The van der Waals surface area contributed by atoms with E-state index >= 15 is 0 Å². The van der Waals surface area contributed by atoms with Crippen LogP contribution in [-0.4, -0.2) is 52.8 Å². The lowest BCUT2D eigenvalue weighted by Gasteiger charge is -2.32. The zero-order valence-corrected chi connectivity index (χ0v) is 29.1. The van der Waals surface area contributed by atoms with Crippen molar-refractivity contribution in [1.29, 1.82) is 0 Å². The highest BCUT2D eigenvalue weighted by atomic mass is 16.3. The van der Waals surface area contributed by atoms with Crippen molar-refractivity contribution in [2.45, 2.75) is 91.5 Å². The molecule has 0 fully saturated rings. The number of nitrogens with two attached hydrogens (primary N) is 2. The van der Waals surface area contributed by atoms with Crippen LogP contribution < -0.4 is 21.7 Å². The van der Waals surface area contributed by atoms with Crippen LogP contribution >= 0.6 is 0 Å². The summed E-state index contributed by atoms with van der Waals surface area (Å²) in [5.41, 5.74) is 14.0. The monoisotopic (exact) mass is 656 g/mol. The molecule has 0 heterocycles. The number of anilines is 1. The van der Waals surface area contributed by atoms with Gasteiger partial charge in [0.2, 0.25) is 11.8 Å². The van der Waals surface area contributed by atoms with E-state index in [4.69, 9.17) is 11.5 Å². The second-order valence-electron chi connectivity index (χ2n) is 14.1. The summed E-state index contributed by atoms with van der Waals surface area (Å²) >= 11 is 0. The van der Waals surface area contributed by atoms with Gasteiger partial charge in [0.15, 0.2) is 5.78 Å². The molecule has 3 rings (SSSR count). The topological polar surface area (TPSA) is 156 Å². The molecule has 0 aliphatic rings. The number of Topliss-reactive ketones (excluding diaryl/α,β-unsaturated/α-hetero) is 1. The molecule has 0 radical (unpaired) electrons. The molecule has 0 bridgehead atoms. The average molecular weight is 657 g/mol. The lowest BCUT2D eigenvalue weighted by molar-refractivity contribution is -0.135. The van der Waals surface area contributed by atoms with Gasteiger partial charge in [-0.25, -0.2) is 4.90 Å². The minimum atomic E-state index is -1.11. The van der Waals surface area contributed by atoms with Crippen LogP contribution in [0.25, 0.3) is 0 Å². The molecule has 0 aliphatic heterocycles. The van der Waals surface area contributed by atoms with Crippen molar-refractivity contribution < 1.29 is 24.3 Å². The predicted octanol–water partition coefficient (Wildman–Crippen LogP) is 4.83. The summed E-state index contributed by atoms with van der Waals surface area (Å²) in [6.45, 7) is 10.6. The van der Waals surface area contributed by atoms with Gasteiger partial charge in [-0.1, -0.05) is 107 Å². The van der Waals surface area contributed by atoms with Gasteiger partial charge in [0.25, 0.3) is 5.91 Å². The van der Waals surface area contributed by atoms with Crippen molar-refractivity contribution >= 4 is 29.2 Å². The highest BCUT2D eigenvalue weighted by Crippen LogP contribution is 2.29. The Bertz CT molecular complexity index is 1520. The molecule has 0 saturated heterocycles. The van der Waals surface area contributed by atoms with E-state index in [-0.39, 0.29) is 35.9 Å². The van der Waals surface area contributed by atoms with Crippen molar-refractivity contribution in [1.82, 2.24) is 5.32 Å². The molecule has 3 aromatic rings. The molecule has 0 aliphatic carbocycles. The first-order valence-electron chi connectivity index (χ1n) is 16.7. The predicted molar refractivity (Wildman–Crippen MR) is 190 cm³/mol. The normalized spacial score (nSPS) is 14.8. The number of carbonyl (C=O) groups is 4. The maximum absolute atomic E-state index is 14.8. The van der Waals surface area contributed by atoms with Crippen molar-refractivity contribution in [3.8, 4) is 0 Å². The first-order chi connectivity index (χ1) is 22.6. The van der Waals surface area contributed by atoms with Gasteiger partial charge in [-0.3, -0.25) is 19.2 Å². The summed E-state index contributed by atoms with van der Waals surface area (Å²) in [4.78, 5) is 56.8. The quantitative estimate of drug-likeness (QED) is 0.171. The fourth-order valence-electron chi connectivity index (χ4n) is 5.55. The van der Waals surface area contributed by atoms with Crippen LogP contribution in [0.2, 0.25) is 0 Å². The molecule has 48 heavy (non-hydrogen) atoms. The molecule has 0 unspecified atom stereocenters. The van der Waals surface area contributed by atoms with Gasteiger partial charge >= 0.3 is 0 Å². The van der Waals surface area contributed by atoms with Gasteiger partial charge < -0.3 is 21.9 Å². The first kappa shape index (κ1) is 38.3. The number of nitrogens with one attached hydrogen (secondary N) is 1. The van der Waals surface area contributed by atoms with E-state index in [2.05, 4.69) is 5.32 Å². The third kappa shape index (κ3) is 10.7. The van der Waals surface area contributed by atoms with Gasteiger partial charge in [-0.05, 0) is 61.8 Å². The van der Waals surface area contributed by atoms with Gasteiger partial charge in [-0.15, -0.1) is 0 Å². The molecular weight excluding hydrogens is 604 g/mol. The van der Waals surface area contributed by atoms with Gasteiger partial charge in [-0.2, -0.15) is 0 Å². The van der Waals surface area contributed by atoms with Crippen molar-refractivity contribution in [3.05, 3.63) is 102 Å². The van der Waals surface area contributed by atoms with E-state index in [0.717, 1.165) is 16.0 Å². The van der Waals surface area contributed by atoms with E-state index in [9.17, 15) is 24.3 Å². The molecular formula is C39H52N4O5. The van der Waals surface area contributed by atoms with Crippen LogP contribution in [-0.2, 0) is 27.2 Å². The number of ketones is 1. The number of carbonyl (C=O) groups excluding carboxylic acids is 4. The molecule has 6 N–H and O–H groups in total. The minimum absolute atomic E-state index is 0.0444. The molecule has 0 spiro atoms. The summed E-state index contributed by atoms with van der Waals surface area (Å²) in [6, 6.07) is 22.6. The minimum Gasteiger partial charge on any atom is -0.391 e. The number of hydrogen-bond donors (Lipinski definition) is 4. The van der Waals surface area contributed by atoms with Gasteiger partial charge in [0.05, 0.1) is 17.8 Å². The maximum atomic E-state index is 14.8. The van der Waals surface area contributed by atoms with Crippen LogP contribution in [0.3, 0.4) is 0 Å². The summed E-state index contributed by atoms with van der Waals surface area (Å²) in [5.74, 6) is -2.88. The van der Waals surface area contributed by atoms with E-state index < -0.39 is 53.2 Å². The Labute approximate surface area is 285 Å². The number of imide groups is 1. The number of para-hydroxylation sites is 1. The average Bonchev–Trinajstić information content (AvgIpc) is 3.04. The Morgan fingerprint density at radius 2 is 1.27 bits per heavy atom. The fourth-order valence-corrected chi connectivity index (χ4v) is 5.55. The van der Waals surface area contributed by atoms with Crippen LogP contribution in [0, 0.1) is 17.3 Å². The summed E-state index contributed by atoms with van der Waals surface area (Å²) < 4.78 is 0. The fraction of sp³-hybridized carbons (Fsp3) is 0.436. The number of nitrogens with zero attached hydrogens (tertiary/aromatic N) is 1. The van der Waals surface area contributed by atoms with Crippen LogP contribution in [0.15, 0.2) is 84.9 Å². The zero-order valence-electron chi connectivity index (χ0n) is 29.1. The number of amides is 3. The Hall–Kier alpha value is -4.18. The van der Waals surface area contributed by atoms with E-state index in [1.807, 2.05) is 74.5 Å². The Balaban J connectivity index is 2.09. The summed E-state index contributed by atoms with van der Waals surface area (Å²) in [7, 11) is 0. The van der Waals surface area contributed by atoms with Crippen molar-refractivity contribution in [2.24, 2.45) is 28.7 Å². The highest BCUT2D eigenvalue weighted by molar-refractivity contribution is 6.21. The molecule has 0 aromatic heterocycles. The standard InChI is InChI=1S/C39H52N4O5/c1-25(2)21-32(41)35(45)30-19-13-14-20-33(30)43(36(46)26(3)42-38(48)39(4,5)6)37(47)29(22-27-15-9-7-10-16-27)24-34(44)31(40)23-28-17-11-8-12-18-28/h7-20,25-26,29,31-32,34,44H,21-24,40-41H2,1-6H3,(H,42,48)/t26-,29+,31-,32-,34-/m0/s1. The third-order valence-electron chi connectivity index (χ3n) is 8.32. The Kier molecular flexibility index (Phi) is 13.8. The number of rotatable bonds is 15. The largest absolute Gasteiger partial charge is 0.391 e. The molecule has 9 nitrogen and oxygen atoms in total. The molecule has 3 amide bonds. The van der Waals surface area contributed by atoms with Gasteiger partial charge in [0.1, 0.15) is 6.04 Å². The summed E-state index contributed by atoms with van der Waals surface area (Å²) in [6.07, 6.45) is -0.136. The number of benzene rings is 3. The summed E-state index contributed by atoms with van der Waals surface area (Å²) in [5, 5.41) is 14.1. The lowest BCUT2D eigenvalue weighted by Crippen LogP contribution is -2.54. The van der Waals surface area contributed by atoms with E-state index in [1.54, 1.807) is 45.0 Å². The van der Waals surface area contributed by atoms with E-state index in [0.29, 0.717) is 12.8 Å². The molecule has 9 heteroatoms. The number of aliphatic hydroxyl groups excluding tert-OH is 1. The highest BCUT2D eigenvalue weighted by Gasteiger charge is 2.38. The van der Waals surface area contributed by atoms with Crippen LogP contribution in [0.5, 0.6) is 0 Å². The lowest BCUT2D eigenvalue weighted by atomic mass is 9.88. The molecule has 258 valence electrons. The molecule has 0 saturated carbocycles. The second-order valence-corrected chi connectivity index (χ2v) is 14.1. The Morgan fingerprint density at radius 3 is 1.81 bits per heavy atom. The number of aliphatic hydroxyl groups is 1.